The van der Waals surface area contributed by atoms with E-state index in [9.17, 15) is 4.79 Å². The quantitative estimate of drug-likeness (QED) is 0.394. The van der Waals surface area contributed by atoms with Gasteiger partial charge in [0.05, 0.1) is 37.8 Å². The summed E-state index contributed by atoms with van der Waals surface area (Å²) < 4.78 is 17.1. The van der Waals surface area contributed by atoms with Crippen LogP contribution in [-0.4, -0.2) is 52.0 Å². The highest BCUT2D eigenvalue weighted by molar-refractivity contribution is 7.21. The fourth-order valence-electron chi connectivity index (χ4n) is 4.72. The third kappa shape index (κ3) is 4.59. The maximum Gasteiger partial charge on any atom is 0.259 e. The number of ether oxygens (including phenoxy) is 3. The van der Waals surface area contributed by atoms with Gasteiger partial charge in [-0.1, -0.05) is 35.6 Å². The maximum atomic E-state index is 13.3. The van der Waals surface area contributed by atoms with Crippen molar-refractivity contribution >= 4 is 38.4 Å². The molecule has 1 saturated heterocycles. The Morgan fingerprint density at radius 3 is 2.73 bits per heavy atom. The number of pyridine rings is 1. The number of carbonyl (C=O) groups is 1. The molecular formula is C27H25N5O4S. The van der Waals surface area contributed by atoms with Gasteiger partial charge in [0.1, 0.15) is 5.75 Å². The predicted octanol–water partition coefficient (Wildman–Crippen LogP) is 5.03. The summed E-state index contributed by atoms with van der Waals surface area (Å²) in [7, 11) is 1.61. The Bertz CT molecular complexity index is 1530. The second kappa shape index (κ2) is 9.62. The molecule has 1 aliphatic carbocycles. The smallest absolute Gasteiger partial charge is 0.259 e. The Kier molecular flexibility index (Phi) is 6.15. The van der Waals surface area contributed by atoms with Crippen molar-refractivity contribution in [2.24, 2.45) is 0 Å². The standard InChI is InChI=1S/C27H25N5O4S/c1-16-13-19(18-5-3-4-6-22(18)34-2)20(14-28-16)24(33)32-26-31-23-25(37-26)30-21(15-29-23)17-7-9-27(10-8-17)35-11-12-36-27/h3-7,13-15H,8-12H2,1-2H3,(H,29,31,32,33). The lowest BCUT2D eigenvalue weighted by Crippen LogP contribution is -2.31. The molecule has 4 heterocycles. The van der Waals surface area contributed by atoms with Crippen LogP contribution in [0.3, 0.4) is 0 Å². The number of hydrogen-bond donors (Lipinski definition) is 1. The fraction of sp³-hybridized carbons (Fsp3) is 0.296. The Balaban J connectivity index is 1.25. The zero-order valence-corrected chi connectivity index (χ0v) is 21.3. The number of carbonyl (C=O) groups excluding carboxylic acids is 1. The third-order valence-electron chi connectivity index (χ3n) is 6.60. The maximum absolute atomic E-state index is 13.3. The second-order valence-corrected chi connectivity index (χ2v) is 9.95. The van der Waals surface area contributed by atoms with Gasteiger partial charge in [-0.3, -0.25) is 15.1 Å². The first-order valence-electron chi connectivity index (χ1n) is 12.1. The summed E-state index contributed by atoms with van der Waals surface area (Å²) in [6.45, 7) is 3.17. The number of nitrogens with one attached hydrogen (secondary N) is 1. The summed E-state index contributed by atoms with van der Waals surface area (Å²) in [5.41, 5.74) is 5.19. The van der Waals surface area contributed by atoms with E-state index >= 15 is 0 Å². The molecule has 0 saturated carbocycles. The average Bonchev–Trinajstić information content (AvgIpc) is 3.55. The molecule has 9 nitrogen and oxygen atoms in total. The Morgan fingerprint density at radius 2 is 1.95 bits per heavy atom. The molecule has 6 rings (SSSR count). The molecule has 10 heteroatoms. The van der Waals surface area contributed by atoms with Crippen molar-refractivity contribution in [3.8, 4) is 16.9 Å². The van der Waals surface area contributed by atoms with E-state index in [2.05, 4.69) is 26.3 Å². The van der Waals surface area contributed by atoms with Crippen molar-refractivity contribution in [1.82, 2.24) is 19.9 Å². The van der Waals surface area contributed by atoms with Crippen LogP contribution < -0.4 is 10.1 Å². The van der Waals surface area contributed by atoms with Crippen molar-refractivity contribution in [3.05, 3.63) is 65.8 Å². The Hall–Kier alpha value is -3.73. The number of amides is 1. The molecule has 0 radical (unpaired) electrons. The van der Waals surface area contributed by atoms with E-state index in [4.69, 9.17) is 19.2 Å². The van der Waals surface area contributed by atoms with Crippen molar-refractivity contribution < 1.29 is 19.0 Å². The van der Waals surface area contributed by atoms with Gasteiger partial charge in [0, 0.05) is 35.9 Å². The molecule has 2 aliphatic rings. The van der Waals surface area contributed by atoms with Crippen LogP contribution in [0.4, 0.5) is 5.13 Å². The lowest BCUT2D eigenvalue weighted by molar-refractivity contribution is -0.159. The highest BCUT2D eigenvalue weighted by atomic mass is 32.1. The van der Waals surface area contributed by atoms with E-state index in [-0.39, 0.29) is 5.91 Å². The number of anilines is 1. The van der Waals surface area contributed by atoms with Gasteiger partial charge in [0.25, 0.3) is 5.91 Å². The monoisotopic (exact) mass is 515 g/mol. The van der Waals surface area contributed by atoms with Gasteiger partial charge in [-0.25, -0.2) is 9.97 Å². The molecule has 3 aromatic heterocycles. The summed E-state index contributed by atoms with van der Waals surface area (Å²) in [4.78, 5) is 32.1. The molecule has 1 amide bonds. The first-order chi connectivity index (χ1) is 18.0. The van der Waals surface area contributed by atoms with Crippen molar-refractivity contribution in [1.29, 1.82) is 0 Å². The van der Waals surface area contributed by atoms with Crippen molar-refractivity contribution in [2.75, 3.05) is 25.6 Å². The van der Waals surface area contributed by atoms with E-state index in [1.54, 1.807) is 19.5 Å². The van der Waals surface area contributed by atoms with Crippen molar-refractivity contribution in [3.63, 3.8) is 0 Å². The van der Waals surface area contributed by atoms with Gasteiger partial charge >= 0.3 is 0 Å². The summed E-state index contributed by atoms with van der Waals surface area (Å²) in [6.07, 6.45) is 7.73. The van der Waals surface area contributed by atoms with E-state index in [0.717, 1.165) is 40.9 Å². The van der Waals surface area contributed by atoms with E-state index in [1.807, 2.05) is 37.3 Å². The SMILES string of the molecule is COc1ccccc1-c1cc(C)ncc1C(=O)Nc1nc2ncc(C3=CCC4(CC3)OCCO4)nc2s1. The molecule has 1 spiro atoms. The zero-order chi connectivity index (χ0) is 25.4. The minimum absolute atomic E-state index is 0.315. The van der Waals surface area contributed by atoms with Crippen LogP contribution in [0.25, 0.3) is 27.2 Å². The number of aromatic nitrogens is 4. The lowest BCUT2D eigenvalue weighted by Gasteiger charge is -2.30. The average molecular weight is 516 g/mol. The van der Waals surface area contributed by atoms with Crippen LogP contribution in [0, 0.1) is 6.92 Å². The van der Waals surface area contributed by atoms with Crippen LogP contribution in [-0.2, 0) is 9.47 Å². The first kappa shape index (κ1) is 23.7. The molecule has 0 atom stereocenters. The number of para-hydroxylation sites is 1. The third-order valence-corrected chi connectivity index (χ3v) is 7.46. The number of aryl methyl sites for hydroxylation is 1. The molecule has 37 heavy (non-hydrogen) atoms. The van der Waals surface area contributed by atoms with Gasteiger partial charge in [-0.05, 0) is 31.1 Å². The van der Waals surface area contributed by atoms with Crippen LogP contribution in [0.1, 0.15) is 41.0 Å². The van der Waals surface area contributed by atoms with Crippen LogP contribution >= 0.6 is 11.3 Å². The first-order valence-corrected chi connectivity index (χ1v) is 12.9. The molecule has 1 aliphatic heterocycles. The summed E-state index contributed by atoms with van der Waals surface area (Å²) in [5, 5.41) is 3.33. The summed E-state index contributed by atoms with van der Waals surface area (Å²) in [6, 6.07) is 9.47. The number of hydrogen-bond acceptors (Lipinski definition) is 9. The molecule has 1 aromatic carbocycles. The minimum atomic E-state index is -0.476. The number of fused-ring (bicyclic) bond motifs is 1. The number of rotatable bonds is 5. The van der Waals surface area contributed by atoms with Gasteiger partial charge in [-0.2, -0.15) is 4.98 Å². The van der Waals surface area contributed by atoms with E-state index < -0.39 is 5.79 Å². The van der Waals surface area contributed by atoms with E-state index in [0.29, 0.717) is 46.6 Å². The van der Waals surface area contributed by atoms with Gasteiger partial charge in [0.15, 0.2) is 21.4 Å². The van der Waals surface area contributed by atoms with Crippen LogP contribution in [0.2, 0.25) is 0 Å². The Morgan fingerprint density at radius 1 is 1.11 bits per heavy atom. The molecule has 4 aromatic rings. The van der Waals surface area contributed by atoms with E-state index in [1.165, 1.54) is 11.3 Å². The summed E-state index contributed by atoms with van der Waals surface area (Å²) in [5.74, 6) is -0.113. The van der Waals surface area contributed by atoms with Gasteiger partial charge in [0.2, 0.25) is 0 Å². The summed E-state index contributed by atoms with van der Waals surface area (Å²) >= 11 is 1.29. The molecule has 1 fully saturated rings. The molecule has 0 bridgehead atoms. The Labute approximate surface area is 217 Å². The molecule has 0 unspecified atom stereocenters. The largest absolute Gasteiger partial charge is 0.496 e. The number of thiazole rings is 1. The number of methoxy groups -OCH3 is 1. The molecular weight excluding hydrogens is 490 g/mol. The topological polar surface area (TPSA) is 108 Å². The normalized spacial score (nSPS) is 16.6. The van der Waals surface area contributed by atoms with Crippen molar-refractivity contribution in [2.45, 2.75) is 32.0 Å². The highest BCUT2D eigenvalue weighted by Crippen LogP contribution is 2.38. The second-order valence-electron chi connectivity index (χ2n) is 8.97. The highest BCUT2D eigenvalue weighted by Gasteiger charge is 2.38. The van der Waals surface area contributed by atoms with Gasteiger partial charge in [-0.15, -0.1) is 0 Å². The lowest BCUT2D eigenvalue weighted by atomic mass is 9.92. The van der Waals surface area contributed by atoms with Gasteiger partial charge < -0.3 is 14.2 Å². The minimum Gasteiger partial charge on any atom is -0.496 e. The van der Waals surface area contributed by atoms with Crippen LogP contribution in [0.5, 0.6) is 5.75 Å². The molecule has 188 valence electrons. The molecule has 1 N–H and O–H groups in total. The predicted molar refractivity (Wildman–Crippen MR) is 141 cm³/mol. The van der Waals surface area contributed by atoms with Crippen LogP contribution in [0.15, 0.2) is 48.8 Å². The zero-order valence-electron chi connectivity index (χ0n) is 20.5. The number of allylic oxidation sites excluding steroid dienone is 1. The number of benzene rings is 1. The fourth-order valence-corrected chi connectivity index (χ4v) is 5.52. The number of nitrogens with zero attached hydrogens (tertiary/aromatic N) is 4.